The summed E-state index contributed by atoms with van der Waals surface area (Å²) in [5.74, 6) is 0. The second kappa shape index (κ2) is 8.98. The predicted molar refractivity (Wildman–Crippen MR) is 58.0 cm³/mol. The van der Waals surface area contributed by atoms with Crippen molar-refractivity contribution in [2.75, 3.05) is 26.8 Å². The van der Waals surface area contributed by atoms with E-state index in [1.807, 2.05) is 7.05 Å². The Morgan fingerprint density at radius 2 is 2.14 bits per heavy atom. The van der Waals surface area contributed by atoms with Gasteiger partial charge >= 0.3 is 0 Å². The molecule has 1 atom stereocenters. The van der Waals surface area contributed by atoms with E-state index in [1.54, 1.807) is 0 Å². The number of rotatable bonds is 8. The van der Waals surface area contributed by atoms with E-state index in [-0.39, 0.29) is 0 Å². The summed E-state index contributed by atoms with van der Waals surface area (Å²) in [6.07, 6.45) is 2.91. The van der Waals surface area contributed by atoms with E-state index in [0.29, 0.717) is 12.5 Å². The van der Waals surface area contributed by atoms with E-state index in [0.717, 1.165) is 26.2 Å². The van der Waals surface area contributed by atoms with Gasteiger partial charge in [0.15, 0.2) is 0 Å². The van der Waals surface area contributed by atoms with Gasteiger partial charge in [0, 0.05) is 19.2 Å². The first kappa shape index (κ1) is 13.4. The topological polar surface area (TPSA) is 36.3 Å². The van der Waals surface area contributed by atoms with E-state index < -0.39 is 0 Å². The highest BCUT2D eigenvalue weighted by atomic mass is 16.5. The molecule has 0 bridgehead atoms. The van der Waals surface area contributed by atoms with Gasteiger partial charge in [0.05, 0.1) is 19.1 Å². The third-order valence-corrected chi connectivity index (χ3v) is 2.37. The fraction of sp³-hybridized carbons (Fsp3) is 0.909. The number of hydrogen-bond donors (Lipinski definition) is 0. The van der Waals surface area contributed by atoms with E-state index in [1.165, 1.54) is 6.42 Å². The summed E-state index contributed by atoms with van der Waals surface area (Å²) in [5, 5.41) is 8.52. The highest BCUT2D eigenvalue weighted by molar-refractivity contribution is 4.78. The zero-order chi connectivity index (χ0) is 10.8. The Morgan fingerprint density at radius 3 is 2.71 bits per heavy atom. The van der Waals surface area contributed by atoms with Gasteiger partial charge in [-0.05, 0) is 20.4 Å². The lowest BCUT2D eigenvalue weighted by molar-refractivity contribution is 0.0993. The molecule has 0 spiro atoms. The predicted octanol–water partition coefficient (Wildman–Crippen LogP) is 2.04. The molecule has 0 aliphatic rings. The van der Waals surface area contributed by atoms with Crippen LogP contribution in [0.5, 0.6) is 0 Å². The highest BCUT2D eigenvalue weighted by Crippen LogP contribution is 1.99. The van der Waals surface area contributed by atoms with E-state index in [4.69, 9.17) is 10.00 Å². The first-order valence-corrected chi connectivity index (χ1v) is 5.37. The van der Waals surface area contributed by atoms with Crippen LogP contribution in [0.4, 0.5) is 0 Å². The van der Waals surface area contributed by atoms with Crippen LogP contribution in [0.3, 0.4) is 0 Å². The van der Waals surface area contributed by atoms with Gasteiger partial charge in [0.25, 0.3) is 0 Å². The van der Waals surface area contributed by atoms with Crippen LogP contribution in [0.2, 0.25) is 0 Å². The molecule has 1 unspecified atom stereocenters. The summed E-state index contributed by atoms with van der Waals surface area (Å²) >= 11 is 0. The van der Waals surface area contributed by atoms with Gasteiger partial charge in [-0.2, -0.15) is 5.26 Å². The SMILES string of the molecule is CCCCOCCN(C)C(C)CC#N. The first-order chi connectivity index (χ1) is 6.72. The monoisotopic (exact) mass is 198 g/mol. The molecule has 0 saturated heterocycles. The van der Waals surface area contributed by atoms with Crippen molar-refractivity contribution in [2.24, 2.45) is 0 Å². The fourth-order valence-electron chi connectivity index (χ4n) is 1.07. The maximum absolute atomic E-state index is 8.52. The van der Waals surface area contributed by atoms with Crippen LogP contribution in [-0.2, 0) is 4.74 Å². The Balaban J connectivity index is 3.35. The van der Waals surface area contributed by atoms with Gasteiger partial charge in [-0.1, -0.05) is 13.3 Å². The molecular weight excluding hydrogens is 176 g/mol. The van der Waals surface area contributed by atoms with Crippen LogP contribution in [0, 0.1) is 11.3 Å². The van der Waals surface area contributed by atoms with Gasteiger partial charge in [0.2, 0.25) is 0 Å². The maximum Gasteiger partial charge on any atom is 0.0638 e. The third-order valence-electron chi connectivity index (χ3n) is 2.37. The van der Waals surface area contributed by atoms with Crippen LogP contribution < -0.4 is 0 Å². The molecule has 0 amide bonds. The summed E-state index contributed by atoms with van der Waals surface area (Å²) in [4.78, 5) is 2.16. The van der Waals surface area contributed by atoms with Crippen molar-refractivity contribution in [3.8, 4) is 6.07 Å². The highest BCUT2D eigenvalue weighted by Gasteiger charge is 2.07. The molecule has 0 N–H and O–H groups in total. The lowest BCUT2D eigenvalue weighted by Crippen LogP contribution is -2.31. The molecule has 82 valence electrons. The number of nitrogens with zero attached hydrogens (tertiary/aromatic N) is 2. The molecule has 3 nitrogen and oxygen atoms in total. The van der Waals surface area contributed by atoms with Crippen LogP contribution in [0.15, 0.2) is 0 Å². The summed E-state index contributed by atoms with van der Waals surface area (Å²) in [5.41, 5.74) is 0. The molecule has 0 aromatic carbocycles. The zero-order valence-electron chi connectivity index (χ0n) is 9.62. The van der Waals surface area contributed by atoms with Crippen molar-refractivity contribution in [1.29, 1.82) is 5.26 Å². The smallest absolute Gasteiger partial charge is 0.0638 e. The van der Waals surface area contributed by atoms with Crippen LogP contribution in [0.25, 0.3) is 0 Å². The molecular formula is C11H22N2O. The summed E-state index contributed by atoms with van der Waals surface area (Å²) in [6, 6.07) is 2.51. The molecule has 14 heavy (non-hydrogen) atoms. The van der Waals surface area contributed by atoms with Crippen molar-refractivity contribution in [3.63, 3.8) is 0 Å². The maximum atomic E-state index is 8.52. The zero-order valence-corrected chi connectivity index (χ0v) is 9.62. The summed E-state index contributed by atoms with van der Waals surface area (Å²) < 4.78 is 5.45. The van der Waals surface area contributed by atoms with Gasteiger partial charge in [-0.3, -0.25) is 0 Å². The molecule has 0 aromatic rings. The van der Waals surface area contributed by atoms with Gasteiger partial charge < -0.3 is 9.64 Å². The standard InChI is InChI=1S/C11H22N2O/c1-4-5-9-14-10-8-13(3)11(2)6-7-12/h11H,4-6,8-10H2,1-3H3. The van der Waals surface area contributed by atoms with Gasteiger partial charge in [-0.15, -0.1) is 0 Å². The molecule has 0 aromatic heterocycles. The van der Waals surface area contributed by atoms with Crippen molar-refractivity contribution < 1.29 is 4.74 Å². The van der Waals surface area contributed by atoms with Crippen molar-refractivity contribution in [3.05, 3.63) is 0 Å². The Hall–Kier alpha value is -0.590. The second-order valence-corrected chi connectivity index (χ2v) is 3.66. The molecule has 0 rings (SSSR count). The Bertz CT molecular complexity index is 165. The largest absolute Gasteiger partial charge is 0.380 e. The van der Waals surface area contributed by atoms with E-state index in [9.17, 15) is 0 Å². The van der Waals surface area contributed by atoms with Crippen LogP contribution in [-0.4, -0.2) is 37.7 Å². The normalized spacial score (nSPS) is 12.8. The number of likely N-dealkylation sites (N-methyl/N-ethyl adjacent to an activating group) is 1. The van der Waals surface area contributed by atoms with Gasteiger partial charge in [0.1, 0.15) is 0 Å². The quantitative estimate of drug-likeness (QED) is 0.560. The number of hydrogen-bond acceptors (Lipinski definition) is 3. The molecule has 0 saturated carbocycles. The molecule has 0 fully saturated rings. The fourth-order valence-corrected chi connectivity index (χ4v) is 1.07. The van der Waals surface area contributed by atoms with Crippen LogP contribution in [0.1, 0.15) is 33.1 Å². The third kappa shape index (κ3) is 6.88. The minimum atomic E-state index is 0.328. The second-order valence-electron chi connectivity index (χ2n) is 3.66. The molecule has 3 heteroatoms. The molecule has 0 radical (unpaired) electrons. The van der Waals surface area contributed by atoms with E-state index >= 15 is 0 Å². The lowest BCUT2D eigenvalue weighted by atomic mass is 10.2. The minimum absolute atomic E-state index is 0.328. The first-order valence-electron chi connectivity index (χ1n) is 5.37. The summed E-state index contributed by atoms with van der Waals surface area (Å²) in [6.45, 7) is 6.76. The molecule has 0 heterocycles. The van der Waals surface area contributed by atoms with Crippen molar-refractivity contribution >= 4 is 0 Å². The number of ether oxygens (including phenoxy) is 1. The molecule has 0 aliphatic carbocycles. The summed E-state index contributed by atoms with van der Waals surface area (Å²) in [7, 11) is 2.03. The average Bonchev–Trinajstić information content (AvgIpc) is 2.17. The van der Waals surface area contributed by atoms with Crippen molar-refractivity contribution in [1.82, 2.24) is 4.90 Å². The Labute approximate surface area is 87.7 Å². The number of unbranched alkanes of at least 4 members (excludes halogenated alkanes) is 1. The van der Waals surface area contributed by atoms with E-state index in [2.05, 4.69) is 24.8 Å². The van der Waals surface area contributed by atoms with Gasteiger partial charge in [-0.25, -0.2) is 0 Å². The molecule has 0 aliphatic heterocycles. The van der Waals surface area contributed by atoms with Crippen LogP contribution >= 0.6 is 0 Å². The Kier molecular flexibility index (Phi) is 8.61. The number of nitriles is 1. The Morgan fingerprint density at radius 1 is 1.43 bits per heavy atom. The lowest BCUT2D eigenvalue weighted by Gasteiger charge is -2.22. The minimum Gasteiger partial charge on any atom is -0.380 e. The average molecular weight is 198 g/mol. The van der Waals surface area contributed by atoms with Crippen molar-refractivity contribution in [2.45, 2.75) is 39.2 Å².